The average Bonchev–Trinajstić information content (AvgIpc) is 2.21. The van der Waals surface area contributed by atoms with Crippen molar-refractivity contribution >= 4 is 10.9 Å². The van der Waals surface area contributed by atoms with Gasteiger partial charge < -0.3 is 0 Å². The zero-order chi connectivity index (χ0) is 10.6. The van der Waals surface area contributed by atoms with E-state index in [-0.39, 0.29) is 0 Å². The third-order valence-electron chi connectivity index (χ3n) is 2.61. The summed E-state index contributed by atoms with van der Waals surface area (Å²) in [5, 5.41) is 0. The Kier molecular flexibility index (Phi) is 11.7. The van der Waals surface area contributed by atoms with Gasteiger partial charge in [0.2, 0.25) is 0 Å². The van der Waals surface area contributed by atoms with E-state index < -0.39 is 0 Å². The van der Waals surface area contributed by atoms with Crippen LogP contribution in [0.3, 0.4) is 0 Å². The standard InChI is InChI=1S/C13H29S/c1-4-7-10-13-14(11-8-5-2)12-9-6-3/h4-13H2,1-3H3/q+1. The van der Waals surface area contributed by atoms with Crippen LogP contribution in [0.25, 0.3) is 0 Å². The highest BCUT2D eigenvalue weighted by Gasteiger charge is 2.15. The molecule has 0 aliphatic carbocycles. The molecule has 0 aromatic rings. The first-order chi connectivity index (χ1) is 6.85. The van der Waals surface area contributed by atoms with Gasteiger partial charge in [0.1, 0.15) is 17.3 Å². The Hall–Kier alpha value is 0.350. The van der Waals surface area contributed by atoms with E-state index in [1.165, 1.54) is 62.2 Å². The molecule has 0 fully saturated rings. The maximum Gasteiger partial charge on any atom is 0.108 e. The minimum absolute atomic E-state index is 0.774. The topological polar surface area (TPSA) is 0 Å². The molecule has 0 bridgehead atoms. The molecule has 0 aromatic carbocycles. The lowest BCUT2D eigenvalue weighted by atomic mass is 10.3. The summed E-state index contributed by atoms with van der Waals surface area (Å²) >= 11 is 0. The Balaban J connectivity index is 3.49. The van der Waals surface area contributed by atoms with Gasteiger partial charge in [0.25, 0.3) is 0 Å². The quantitative estimate of drug-likeness (QED) is 0.376. The van der Waals surface area contributed by atoms with Gasteiger partial charge in [0, 0.05) is 0 Å². The number of hydrogen-bond acceptors (Lipinski definition) is 0. The van der Waals surface area contributed by atoms with Crippen molar-refractivity contribution in [1.29, 1.82) is 0 Å². The summed E-state index contributed by atoms with van der Waals surface area (Å²) in [6.45, 7) is 6.93. The largest absolute Gasteiger partial charge is 0.108 e. The monoisotopic (exact) mass is 217 g/mol. The fourth-order valence-electron chi connectivity index (χ4n) is 1.56. The van der Waals surface area contributed by atoms with E-state index in [1.54, 1.807) is 0 Å². The molecule has 0 radical (unpaired) electrons. The summed E-state index contributed by atoms with van der Waals surface area (Å²) < 4.78 is 0. The fraction of sp³-hybridized carbons (Fsp3) is 1.00. The van der Waals surface area contributed by atoms with Crippen molar-refractivity contribution in [2.24, 2.45) is 0 Å². The molecule has 0 heterocycles. The minimum Gasteiger partial charge on any atom is -0.0654 e. The highest BCUT2D eigenvalue weighted by atomic mass is 32.2. The molecule has 1 heteroatoms. The third-order valence-corrected chi connectivity index (χ3v) is 5.21. The van der Waals surface area contributed by atoms with E-state index in [0.29, 0.717) is 0 Å². The SMILES string of the molecule is CCCCC[S+](CCCC)CCCC. The molecule has 0 spiro atoms. The molecule has 0 amide bonds. The molecule has 86 valence electrons. The Bertz CT molecular complexity index is 93.4. The van der Waals surface area contributed by atoms with Crippen LogP contribution in [0.15, 0.2) is 0 Å². The first-order valence-corrected chi connectivity index (χ1v) is 8.22. The lowest BCUT2D eigenvalue weighted by molar-refractivity contribution is 0.773. The lowest BCUT2D eigenvalue weighted by Crippen LogP contribution is -2.16. The molecule has 0 aliphatic heterocycles. The molecule has 0 rings (SSSR count). The molecule has 0 aromatic heterocycles. The molecule has 0 atom stereocenters. The van der Waals surface area contributed by atoms with Crippen molar-refractivity contribution in [3.05, 3.63) is 0 Å². The van der Waals surface area contributed by atoms with Crippen molar-refractivity contribution in [1.82, 2.24) is 0 Å². The smallest absolute Gasteiger partial charge is 0.0654 e. The van der Waals surface area contributed by atoms with E-state index in [9.17, 15) is 0 Å². The van der Waals surface area contributed by atoms with Gasteiger partial charge in [-0.1, -0.05) is 40.0 Å². The third kappa shape index (κ3) is 8.93. The van der Waals surface area contributed by atoms with Crippen LogP contribution in [0.5, 0.6) is 0 Å². The Labute approximate surface area is 94.2 Å². The summed E-state index contributed by atoms with van der Waals surface area (Å²) in [4.78, 5) is 0. The molecule has 0 N–H and O–H groups in total. The van der Waals surface area contributed by atoms with Crippen molar-refractivity contribution in [3.63, 3.8) is 0 Å². The van der Waals surface area contributed by atoms with Gasteiger partial charge in [-0.3, -0.25) is 0 Å². The van der Waals surface area contributed by atoms with Crippen molar-refractivity contribution < 1.29 is 0 Å². The van der Waals surface area contributed by atoms with E-state index in [2.05, 4.69) is 20.8 Å². The predicted octanol–water partition coefficient (Wildman–Crippen LogP) is 4.40. The zero-order valence-electron chi connectivity index (χ0n) is 10.5. The second kappa shape index (κ2) is 11.4. The minimum atomic E-state index is 0.774. The summed E-state index contributed by atoms with van der Waals surface area (Å²) in [7, 11) is 0.774. The highest BCUT2D eigenvalue weighted by Crippen LogP contribution is 2.09. The predicted molar refractivity (Wildman–Crippen MR) is 71.3 cm³/mol. The van der Waals surface area contributed by atoms with Crippen LogP contribution in [-0.2, 0) is 10.9 Å². The van der Waals surface area contributed by atoms with Gasteiger partial charge in [0.05, 0.1) is 0 Å². The Morgan fingerprint density at radius 2 is 1.00 bits per heavy atom. The van der Waals surface area contributed by atoms with Gasteiger partial charge >= 0.3 is 0 Å². The van der Waals surface area contributed by atoms with Gasteiger partial charge in [-0.15, -0.1) is 0 Å². The number of hydrogen-bond donors (Lipinski definition) is 0. The number of unbranched alkanes of at least 4 members (excludes halogenated alkanes) is 4. The fourth-order valence-corrected chi connectivity index (χ4v) is 4.18. The van der Waals surface area contributed by atoms with Crippen molar-refractivity contribution in [2.45, 2.75) is 65.7 Å². The zero-order valence-corrected chi connectivity index (χ0v) is 11.3. The maximum absolute atomic E-state index is 2.31. The molecule has 0 saturated heterocycles. The lowest BCUT2D eigenvalue weighted by Gasteiger charge is -2.07. The van der Waals surface area contributed by atoms with Crippen LogP contribution in [0.2, 0.25) is 0 Å². The molecule has 0 saturated carbocycles. The first kappa shape index (κ1) is 14.3. The normalized spacial score (nSPS) is 11.1. The molecule has 0 nitrogen and oxygen atoms in total. The van der Waals surface area contributed by atoms with E-state index in [0.717, 1.165) is 10.9 Å². The van der Waals surface area contributed by atoms with Crippen molar-refractivity contribution in [2.75, 3.05) is 17.3 Å². The van der Waals surface area contributed by atoms with Gasteiger partial charge in [-0.2, -0.15) is 0 Å². The molecular formula is C13H29S+. The summed E-state index contributed by atoms with van der Waals surface area (Å²) in [6, 6.07) is 0. The van der Waals surface area contributed by atoms with Gasteiger partial charge in [0.15, 0.2) is 0 Å². The summed E-state index contributed by atoms with van der Waals surface area (Å²) in [6.07, 6.45) is 9.97. The highest BCUT2D eigenvalue weighted by molar-refractivity contribution is 7.96. The second-order valence-electron chi connectivity index (χ2n) is 4.14. The molecule has 0 unspecified atom stereocenters. The van der Waals surface area contributed by atoms with Gasteiger partial charge in [-0.05, 0) is 36.6 Å². The van der Waals surface area contributed by atoms with E-state index in [1.807, 2.05) is 0 Å². The van der Waals surface area contributed by atoms with Crippen LogP contribution in [0.1, 0.15) is 65.7 Å². The molecule has 0 aliphatic rings. The molecular weight excluding hydrogens is 188 g/mol. The summed E-state index contributed by atoms with van der Waals surface area (Å²) in [5.74, 6) is 4.55. The summed E-state index contributed by atoms with van der Waals surface area (Å²) in [5.41, 5.74) is 0. The van der Waals surface area contributed by atoms with E-state index >= 15 is 0 Å². The second-order valence-corrected chi connectivity index (χ2v) is 6.59. The van der Waals surface area contributed by atoms with Crippen LogP contribution in [0, 0.1) is 0 Å². The van der Waals surface area contributed by atoms with Crippen LogP contribution < -0.4 is 0 Å². The van der Waals surface area contributed by atoms with Crippen LogP contribution >= 0.6 is 0 Å². The maximum atomic E-state index is 2.31. The van der Waals surface area contributed by atoms with Crippen LogP contribution in [-0.4, -0.2) is 17.3 Å². The average molecular weight is 217 g/mol. The van der Waals surface area contributed by atoms with Crippen LogP contribution in [0.4, 0.5) is 0 Å². The first-order valence-electron chi connectivity index (χ1n) is 6.49. The Morgan fingerprint density at radius 1 is 0.571 bits per heavy atom. The number of rotatable bonds is 10. The van der Waals surface area contributed by atoms with E-state index in [4.69, 9.17) is 0 Å². The van der Waals surface area contributed by atoms with Crippen molar-refractivity contribution in [3.8, 4) is 0 Å². The van der Waals surface area contributed by atoms with Gasteiger partial charge in [-0.25, -0.2) is 0 Å². The molecule has 14 heavy (non-hydrogen) atoms. The Morgan fingerprint density at radius 3 is 1.43 bits per heavy atom.